The third-order valence-corrected chi connectivity index (χ3v) is 4.30. The van der Waals surface area contributed by atoms with Gasteiger partial charge in [-0.25, -0.2) is 14.4 Å². The molecule has 3 heterocycles. The minimum atomic E-state index is -0.415. The number of carbonyl (C=O) groups excluding carboxylic acids is 1. The fraction of sp³-hybridized carbons (Fsp3) is 0.150. The average Bonchev–Trinajstić information content (AvgIpc) is 3.40. The van der Waals surface area contributed by atoms with Gasteiger partial charge in [0, 0.05) is 24.5 Å². The molecule has 0 aliphatic heterocycles. The van der Waals surface area contributed by atoms with E-state index < -0.39 is 5.91 Å². The topological polar surface area (TPSA) is 98.7 Å². The van der Waals surface area contributed by atoms with Gasteiger partial charge in [0.15, 0.2) is 11.6 Å². The summed E-state index contributed by atoms with van der Waals surface area (Å²) < 4.78 is 20.2. The van der Waals surface area contributed by atoms with Gasteiger partial charge < -0.3 is 9.84 Å². The molecule has 1 amide bonds. The Labute approximate surface area is 165 Å². The molecule has 1 N–H and O–H groups in total. The van der Waals surface area contributed by atoms with Gasteiger partial charge in [-0.15, -0.1) is 0 Å². The second kappa shape index (κ2) is 7.63. The zero-order valence-electron chi connectivity index (χ0n) is 15.8. The Kier molecular flexibility index (Phi) is 4.86. The number of halogens is 1. The largest absolute Gasteiger partial charge is 0.334 e. The number of hydrogen-bond acceptors (Lipinski definition) is 6. The van der Waals surface area contributed by atoms with Crippen molar-refractivity contribution in [3.63, 3.8) is 0 Å². The Hall–Kier alpha value is -3.88. The number of nitrogens with one attached hydrogen (secondary N) is 1. The Morgan fingerprint density at radius 3 is 2.90 bits per heavy atom. The molecule has 9 heteroatoms. The number of anilines is 1. The number of benzene rings is 1. The molecule has 0 bridgehead atoms. The van der Waals surface area contributed by atoms with Gasteiger partial charge in [0.1, 0.15) is 17.8 Å². The van der Waals surface area contributed by atoms with E-state index in [1.54, 1.807) is 36.0 Å². The van der Waals surface area contributed by atoms with Crippen LogP contribution in [-0.4, -0.2) is 30.6 Å². The van der Waals surface area contributed by atoms with Crippen LogP contribution in [0.2, 0.25) is 0 Å². The number of aromatic nitrogens is 5. The second-order valence-corrected chi connectivity index (χ2v) is 6.32. The molecule has 0 fully saturated rings. The minimum absolute atomic E-state index is 0.185. The van der Waals surface area contributed by atoms with Gasteiger partial charge in [0.05, 0.1) is 5.56 Å². The molecule has 0 aliphatic rings. The Morgan fingerprint density at radius 2 is 2.14 bits per heavy atom. The van der Waals surface area contributed by atoms with Crippen LogP contribution >= 0.6 is 0 Å². The zero-order valence-corrected chi connectivity index (χ0v) is 15.8. The summed E-state index contributed by atoms with van der Waals surface area (Å²) in [5.41, 5.74) is 1.94. The SMILES string of the molecule is CCc1noc(-c2cccnc2-n2cnc(C(=O)Nc3ccc(F)cc3C)c2)n1. The van der Waals surface area contributed by atoms with E-state index in [0.29, 0.717) is 40.8 Å². The molecule has 0 saturated heterocycles. The number of hydrogen-bond donors (Lipinski definition) is 1. The van der Waals surface area contributed by atoms with Crippen molar-refractivity contribution in [2.24, 2.45) is 0 Å². The first-order valence-electron chi connectivity index (χ1n) is 8.95. The predicted molar refractivity (Wildman–Crippen MR) is 103 cm³/mol. The maximum absolute atomic E-state index is 13.2. The lowest BCUT2D eigenvalue weighted by Crippen LogP contribution is -2.13. The first-order chi connectivity index (χ1) is 14.0. The smallest absolute Gasteiger partial charge is 0.275 e. The van der Waals surface area contributed by atoms with Crippen LogP contribution in [0.15, 0.2) is 53.6 Å². The number of aryl methyl sites for hydroxylation is 2. The van der Waals surface area contributed by atoms with E-state index in [1.807, 2.05) is 6.92 Å². The third-order valence-electron chi connectivity index (χ3n) is 4.30. The molecular formula is C20H17FN6O2. The number of rotatable bonds is 5. The van der Waals surface area contributed by atoms with E-state index >= 15 is 0 Å². The van der Waals surface area contributed by atoms with Crippen molar-refractivity contribution in [2.45, 2.75) is 20.3 Å². The highest BCUT2D eigenvalue weighted by Gasteiger charge is 2.17. The molecule has 0 unspecified atom stereocenters. The van der Waals surface area contributed by atoms with Gasteiger partial charge in [-0.05, 0) is 42.8 Å². The summed E-state index contributed by atoms with van der Waals surface area (Å²) in [6, 6.07) is 7.71. The second-order valence-electron chi connectivity index (χ2n) is 6.32. The third kappa shape index (κ3) is 3.75. The van der Waals surface area contributed by atoms with Crippen molar-refractivity contribution in [3.05, 3.63) is 72.0 Å². The Bertz CT molecular complexity index is 1180. The molecule has 3 aromatic heterocycles. The van der Waals surface area contributed by atoms with Crippen molar-refractivity contribution < 1.29 is 13.7 Å². The molecule has 0 saturated carbocycles. The molecule has 4 aromatic rings. The molecule has 0 spiro atoms. The normalized spacial score (nSPS) is 10.9. The highest BCUT2D eigenvalue weighted by atomic mass is 19.1. The molecule has 29 heavy (non-hydrogen) atoms. The summed E-state index contributed by atoms with van der Waals surface area (Å²) >= 11 is 0. The van der Waals surface area contributed by atoms with E-state index in [9.17, 15) is 9.18 Å². The lowest BCUT2D eigenvalue weighted by molar-refractivity contribution is 0.102. The first-order valence-corrected chi connectivity index (χ1v) is 8.95. The van der Waals surface area contributed by atoms with Crippen molar-refractivity contribution >= 4 is 11.6 Å². The summed E-state index contributed by atoms with van der Waals surface area (Å²) in [5.74, 6) is 0.659. The van der Waals surface area contributed by atoms with Gasteiger partial charge in [0.25, 0.3) is 11.8 Å². The minimum Gasteiger partial charge on any atom is -0.334 e. The maximum Gasteiger partial charge on any atom is 0.275 e. The summed E-state index contributed by atoms with van der Waals surface area (Å²) in [6.45, 7) is 3.65. The summed E-state index contributed by atoms with van der Waals surface area (Å²) in [4.78, 5) is 25.4. The molecule has 0 radical (unpaired) electrons. The summed E-state index contributed by atoms with van der Waals surface area (Å²) in [7, 11) is 0. The zero-order chi connectivity index (χ0) is 20.4. The quantitative estimate of drug-likeness (QED) is 0.557. The van der Waals surface area contributed by atoms with Crippen LogP contribution in [0.3, 0.4) is 0 Å². The molecule has 8 nitrogen and oxygen atoms in total. The fourth-order valence-electron chi connectivity index (χ4n) is 2.79. The van der Waals surface area contributed by atoms with E-state index in [1.165, 1.54) is 24.5 Å². The summed E-state index contributed by atoms with van der Waals surface area (Å²) in [5, 5.41) is 6.64. The molecule has 0 atom stereocenters. The summed E-state index contributed by atoms with van der Waals surface area (Å²) in [6.07, 6.45) is 5.31. The Balaban J connectivity index is 1.62. The predicted octanol–water partition coefficient (Wildman–Crippen LogP) is 3.58. The van der Waals surface area contributed by atoms with Crippen LogP contribution in [-0.2, 0) is 6.42 Å². The van der Waals surface area contributed by atoms with Gasteiger partial charge in [0.2, 0.25) is 0 Å². The highest BCUT2D eigenvalue weighted by molar-refractivity contribution is 6.03. The van der Waals surface area contributed by atoms with Gasteiger partial charge in [-0.2, -0.15) is 4.98 Å². The van der Waals surface area contributed by atoms with E-state index in [4.69, 9.17) is 4.52 Å². The highest BCUT2D eigenvalue weighted by Crippen LogP contribution is 2.24. The van der Waals surface area contributed by atoms with Crippen LogP contribution in [0.5, 0.6) is 0 Å². The lowest BCUT2D eigenvalue weighted by atomic mass is 10.2. The van der Waals surface area contributed by atoms with E-state index in [0.717, 1.165) is 0 Å². The van der Waals surface area contributed by atoms with Gasteiger partial charge in [-0.1, -0.05) is 12.1 Å². The Morgan fingerprint density at radius 1 is 1.28 bits per heavy atom. The van der Waals surface area contributed by atoms with Gasteiger partial charge in [-0.3, -0.25) is 9.36 Å². The number of carbonyl (C=O) groups is 1. The molecule has 4 rings (SSSR count). The van der Waals surface area contributed by atoms with Crippen molar-refractivity contribution in [3.8, 4) is 17.3 Å². The van der Waals surface area contributed by atoms with Crippen molar-refractivity contribution in [1.29, 1.82) is 0 Å². The number of imidazole rings is 1. The number of nitrogens with zero attached hydrogens (tertiary/aromatic N) is 5. The first kappa shape index (κ1) is 18.5. The van der Waals surface area contributed by atoms with Crippen molar-refractivity contribution in [2.75, 3.05) is 5.32 Å². The lowest BCUT2D eigenvalue weighted by Gasteiger charge is -2.07. The number of pyridine rings is 1. The van der Waals surface area contributed by atoms with Crippen LogP contribution in [0.4, 0.5) is 10.1 Å². The molecule has 1 aromatic carbocycles. The molecule has 146 valence electrons. The standard InChI is InChI=1S/C20H17FN6O2/c1-3-17-25-20(29-26-17)14-5-4-8-22-18(14)27-10-16(23-11-27)19(28)24-15-7-6-13(21)9-12(15)2/h4-11H,3H2,1-2H3,(H,24,28). The monoisotopic (exact) mass is 392 g/mol. The van der Waals surface area contributed by atoms with E-state index in [-0.39, 0.29) is 11.5 Å². The van der Waals surface area contributed by atoms with Crippen LogP contribution in [0.25, 0.3) is 17.3 Å². The van der Waals surface area contributed by atoms with Gasteiger partial charge >= 0.3 is 0 Å². The maximum atomic E-state index is 13.2. The average molecular weight is 392 g/mol. The molecule has 0 aliphatic carbocycles. The van der Waals surface area contributed by atoms with Crippen LogP contribution in [0, 0.1) is 12.7 Å². The van der Waals surface area contributed by atoms with E-state index in [2.05, 4.69) is 25.4 Å². The number of amides is 1. The van der Waals surface area contributed by atoms with Crippen LogP contribution < -0.4 is 5.32 Å². The van der Waals surface area contributed by atoms with Crippen molar-refractivity contribution in [1.82, 2.24) is 24.7 Å². The fourth-order valence-corrected chi connectivity index (χ4v) is 2.79. The molecular weight excluding hydrogens is 375 g/mol. The van der Waals surface area contributed by atoms with Crippen LogP contribution in [0.1, 0.15) is 28.8 Å².